The van der Waals surface area contributed by atoms with Crippen molar-refractivity contribution in [2.45, 2.75) is 6.18 Å². The highest BCUT2D eigenvalue weighted by Crippen LogP contribution is 2.29. The van der Waals surface area contributed by atoms with Gasteiger partial charge in [0.05, 0.1) is 5.56 Å². The number of aromatic nitrogens is 1. The summed E-state index contributed by atoms with van der Waals surface area (Å²) in [6, 6.07) is 2.34. The summed E-state index contributed by atoms with van der Waals surface area (Å²) in [5, 5.41) is 10.7. The molecule has 3 N–H and O–H groups in total. The molecule has 0 spiro atoms. The second-order valence-electron chi connectivity index (χ2n) is 2.38. The molecule has 0 saturated heterocycles. The Kier molecular flexibility index (Phi) is 2.59. The van der Waals surface area contributed by atoms with E-state index in [-0.39, 0.29) is 0 Å². The van der Waals surface area contributed by atoms with Gasteiger partial charge in [0.15, 0.2) is 11.5 Å². The van der Waals surface area contributed by atoms with Gasteiger partial charge in [-0.15, -0.1) is 0 Å². The Labute approximate surface area is 76.9 Å². The van der Waals surface area contributed by atoms with Crippen molar-refractivity contribution in [2.24, 2.45) is 10.9 Å². The average molecular weight is 205 g/mol. The number of hydrogen-bond acceptors (Lipinski definition) is 3. The Morgan fingerprint density at radius 3 is 2.64 bits per heavy atom. The van der Waals surface area contributed by atoms with Gasteiger partial charge in [0.2, 0.25) is 0 Å². The van der Waals surface area contributed by atoms with Crippen LogP contribution in [-0.4, -0.2) is 16.0 Å². The Balaban J connectivity index is 3.31. The van der Waals surface area contributed by atoms with E-state index < -0.39 is 23.3 Å². The minimum atomic E-state index is -4.62. The van der Waals surface area contributed by atoms with Gasteiger partial charge < -0.3 is 10.9 Å². The van der Waals surface area contributed by atoms with Crippen LogP contribution in [0.1, 0.15) is 11.3 Å². The van der Waals surface area contributed by atoms with Gasteiger partial charge in [0.25, 0.3) is 0 Å². The van der Waals surface area contributed by atoms with Gasteiger partial charge in [-0.1, -0.05) is 5.16 Å². The SMILES string of the molecule is NC(=NO)c1cccnc1C(F)(F)F. The highest BCUT2D eigenvalue weighted by Gasteiger charge is 2.35. The van der Waals surface area contributed by atoms with Crippen molar-refractivity contribution in [3.05, 3.63) is 29.6 Å². The zero-order chi connectivity index (χ0) is 10.8. The molecule has 1 heterocycles. The first kappa shape index (κ1) is 10.3. The number of pyridine rings is 1. The zero-order valence-electron chi connectivity index (χ0n) is 6.78. The summed E-state index contributed by atoms with van der Waals surface area (Å²) in [5.74, 6) is -0.620. The summed E-state index contributed by atoms with van der Waals surface area (Å²) in [5.41, 5.74) is 3.44. The molecule has 0 atom stereocenters. The van der Waals surface area contributed by atoms with Crippen LogP contribution < -0.4 is 5.73 Å². The molecule has 7 heteroatoms. The van der Waals surface area contributed by atoms with Crippen LogP contribution in [0, 0.1) is 0 Å². The minimum Gasteiger partial charge on any atom is -0.409 e. The largest absolute Gasteiger partial charge is 0.434 e. The molecular weight excluding hydrogens is 199 g/mol. The Morgan fingerprint density at radius 1 is 1.50 bits per heavy atom. The molecule has 0 amide bonds. The van der Waals surface area contributed by atoms with Crippen LogP contribution in [0.3, 0.4) is 0 Å². The molecule has 1 aromatic heterocycles. The second kappa shape index (κ2) is 3.52. The maximum Gasteiger partial charge on any atom is 0.434 e. The molecule has 4 nitrogen and oxygen atoms in total. The molecular formula is C7H6F3N3O. The van der Waals surface area contributed by atoms with Gasteiger partial charge in [-0.3, -0.25) is 4.98 Å². The summed E-state index contributed by atoms with van der Waals surface area (Å²) in [4.78, 5) is 3.12. The van der Waals surface area contributed by atoms with Crippen molar-refractivity contribution >= 4 is 5.84 Å². The first-order valence-corrected chi connectivity index (χ1v) is 3.47. The van der Waals surface area contributed by atoms with Gasteiger partial charge in [-0.05, 0) is 12.1 Å². The number of oxime groups is 1. The van der Waals surface area contributed by atoms with Crippen molar-refractivity contribution in [2.75, 3.05) is 0 Å². The van der Waals surface area contributed by atoms with Crippen LogP contribution >= 0.6 is 0 Å². The fourth-order valence-corrected chi connectivity index (χ4v) is 0.892. The molecule has 0 radical (unpaired) electrons. The average Bonchev–Trinajstić information content (AvgIpc) is 2.15. The first-order chi connectivity index (χ1) is 6.46. The fourth-order valence-electron chi connectivity index (χ4n) is 0.892. The van der Waals surface area contributed by atoms with Crippen LogP contribution in [0.2, 0.25) is 0 Å². The molecule has 14 heavy (non-hydrogen) atoms. The molecule has 0 unspecified atom stereocenters. The van der Waals surface area contributed by atoms with Crippen LogP contribution in [0.4, 0.5) is 13.2 Å². The van der Waals surface area contributed by atoms with Crippen LogP contribution in [-0.2, 0) is 6.18 Å². The van der Waals surface area contributed by atoms with Crippen molar-refractivity contribution in [3.63, 3.8) is 0 Å². The van der Waals surface area contributed by atoms with E-state index in [4.69, 9.17) is 10.9 Å². The molecule has 76 valence electrons. The van der Waals surface area contributed by atoms with Crippen LogP contribution in [0.5, 0.6) is 0 Å². The lowest BCUT2D eigenvalue weighted by Gasteiger charge is -2.09. The van der Waals surface area contributed by atoms with E-state index in [9.17, 15) is 13.2 Å². The van der Waals surface area contributed by atoms with Gasteiger partial charge in [-0.2, -0.15) is 13.2 Å². The van der Waals surface area contributed by atoms with Crippen molar-refractivity contribution in [1.29, 1.82) is 0 Å². The highest BCUT2D eigenvalue weighted by atomic mass is 19.4. The number of nitrogens with two attached hydrogens (primary N) is 1. The molecule has 1 aromatic rings. The van der Waals surface area contributed by atoms with E-state index in [2.05, 4.69) is 10.1 Å². The lowest BCUT2D eigenvalue weighted by atomic mass is 10.2. The lowest BCUT2D eigenvalue weighted by molar-refractivity contribution is -0.141. The van der Waals surface area contributed by atoms with E-state index in [1.165, 1.54) is 6.07 Å². The van der Waals surface area contributed by atoms with Crippen molar-refractivity contribution in [1.82, 2.24) is 4.98 Å². The van der Waals surface area contributed by atoms with Crippen molar-refractivity contribution < 1.29 is 18.4 Å². The minimum absolute atomic E-state index is 0.442. The van der Waals surface area contributed by atoms with E-state index in [0.717, 1.165) is 12.3 Å². The first-order valence-electron chi connectivity index (χ1n) is 3.47. The van der Waals surface area contributed by atoms with Gasteiger partial charge in [-0.25, -0.2) is 0 Å². The van der Waals surface area contributed by atoms with E-state index in [1.807, 2.05) is 0 Å². The fraction of sp³-hybridized carbons (Fsp3) is 0.143. The number of nitrogens with zero attached hydrogens (tertiary/aromatic N) is 2. The topological polar surface area (TPSA) is 71.5 Å². The number of alkyl halides is 3. The predicted molar refractivity (Wildman–Crippen MR) is 41.7 cm³/mol. The molecule has 0 bridgehead atoms. The van der Waals surface area contributed by atoms with Gasteiger partial charge in [0.1, 0.15) is 0 Å². The highest BCUT2D eigenvalue weighted by molar-refractivity contribution is 5.98. The maximum absolute atomic E-state index is 12.3. The smallest absolute Gasteiger partial charge is 0.409 e. The van der Waals surface area contributed by atoms with Crippen LogP contribution in [0.25, 0.3) is 0 Å². The number of hydrogen-bond donors (Lipinski definition) is 2. The van der Waals surface area contributed by atoms with E-state index in [0.29, 0.717) is 0 Å². The Bertz CT molecular complexity index is 361. The standard InChI is InChI=1S/C7H6F3N3O/c8-7(9,10)5-4(6(11)13-14)2-1-3-12-5/h1-3,14H,(H2,11,13). The lowest BCUT2D eigenvalue weighted by Crippen LogP contribution is -2.21. The van der Waals surface area contributed by atoms with Crippen molar-refractivity contribution in [3.8, 4) is 0 Å². The Morgan fingerprint density at radius 2 is 2.14 bits per heavy atom. The van der Waals surface area contributed by atoms with Crippen LogP contribution in [0.15, 0.2) is 23.5 Å². The monoisotopic (exact) mass is 205 g/mol. The summed E-state index contributed by atoms with van der Waals surface area (Å²) in [7, 11) is 0. The third-order valence-corrected chi connectivity index (χ3v) is 1.46. The van der Waals surface area contributed by atoms with E-state index >= 15 is 0 Å². The van der Waals surface area contributed by atoms with E-state index in [1.54, 1.807) is 0 Å². The third-order valence-electron chi connectivity index (χ3n) is 1.46. The molecule has 0 fully saturated rings. The summed E-state index contributed by atoms with van der Waals surface area (Å²) < 4.78 is 36.9. The molecule has 0 aliphatic rings. The third kappa shape index (κ3) is 1.93. The summed E-state index contributed by atoms with van der Waals surface area (Å²) in [6.07, 6.45) is -3.64. The maximum atomic E-state index is 12.3. The summed E-state index contributed by atoms with van der Waals surface area (Å²) in [6.45, 7) is 0. The normalized spacial score (nSPS) is 12.9. The second-order valence-corrected chi connectivity index (χ2v) is 2.38. The number of rotatable bonds is 1. The molecule has 0 saturated carbocycles. The van der Waals surface area contributed by atoms with Gasteiger partial charge in [0, 0.05) is 6.20 Å². The van der Waals surface area contributed by atoms with Gasteiger partial charge >= 0.3 is 6.18 Å². The Hall–Kier alpha value is -1.79. The molecule has 0 aliphatic heterocycles. The number of halogens is 3. The number of amidine groups is 1. The predicted octanol–water partition coefficient (Wildman–Crippen LogP) is 1.19. The molecule has 1 rings (SSSR count). The molecule has 0 aliphatic carbocycles. The molecule has 0 aromatic carbocycles. The quantitative estimate of drug-likeness (QED) is 0.313. The zero-order valence-corrected chi connectivity index (χ0v) is 6.78. The summed E-state index contributed by atoms with van der Waals surface area (Å²) >= 11 is 0.